The van der Waals surface area contributed by atoms with Crippen LogP contribution in [-0.2, 0) is 0 Å². The van der Waals surface area contributed by atoms with Gasteiger partial charge in [-0.05, 0) is 18.2 Å². The standard InChI is InChI=1S/C10H8NOS/c1-12-9-5-8(6-11-7-9)10-3-2-4-13-10/h2-3,5-7H,1H3. The number of pyridine rings is 1. The number of methoxy groups -OCH3 is 1. The minimum Gasteiger partial charge on any atom is -0.495 e. The van der Waals surface area contributed by atoms with E-state index >= 15 is 0 Å². The third-order valence-corrected chi connectivity index (χ3v) is 2.55. The molecule has 2 nitrogen and oxygen atoms in total. The van der Waals surface area contributed by atoms with Crippen LogP contribution in [0.3, 0.4) is 0 Å². The molecule has 2 aromatic rings. The van der Waals surface area contributed by atoms with Gasteiger partial charge in [0.2, 0.25) is 0 Å². The molecule has 0 fully saturated rings. The van der Waals surface area contributed by atoms with Crippen LogP contribution >= 0.6 is 11.3 Å². The molecule has 0 spiro atoms. The molecule has 2 aromatic heterocycles. The van der Waals surface area contributed by atoms with E-state index in [-0.39, 0.29) is 0 Å². The Bertz CT molecular complexity index is 384. The van der Waals surface area contributed by atoms with Gasteiger partial charge in [-0.1, -0.05) is 0 Å². The molecule has 0 bridgehead atoms. The molecule has 0 amide bonds. The lowest BCUT2D eigenvalue weighted by atomic mass is 10.2. The highest BCUT2D eigenvalue weighted by molar-refractivity contribution is 7.13. The molecule has 0 aliphatic carbocycles. The van der Waals surface area contributed by atoms with Gasteiger partial charge in [-0.3, -0.25) is 4.98 Å². The van der Waals surface area contributed by atoms with Crippen LogP contribution in [0, 0.1) is 5.38 Å². The van der Waals surface area contributed by atoms with Gasteiger partial charge >= 0.3 is 0 Å². The largest absolute Gasteiger partial charge is 0.495 e. The molecule has 0 N–H and O–H groups in total. The average Bonchev–Trinajstić information content (AvgIpc) is 2.71. The first-order valence-corrected chi connectivity index (χ1v) is 4.67. The summed E-state index contributed by atoms with van der Waals surface area (Å²) in [5.41, 5.74) is 1.07. The van der Waals surface area contributed by atoms with Gasteiger partial charge in [-0.25, -0.2) is 0 Å². The predicted octanol–water partition coefficient (Wildman–Crippen LogP) is 2.62. The predicted molar refractivity (Wildman–Crippen MR) is 52.9 cm³/mol. The smallest absolute Gasteiger partial charge is 0.137 e. The molecule has 3 heteroatoms. The summed E-state index contributed by atoms with van der Waals surface area (Å²) < 4.78 is 5.08. The molecule has 0 saturated carbocycles. The Labute approximate surface area is 80.8 Å². The van der Waals surface area contributed by atoms with Crippen LogP contribution in [0.1, 0.15) is 0 Å². The van der Waals surface area contributed by atoms with Crippen molar-refractivity contribution in [3.8, 4) is 16.2 Å². The molecular weight excluding hydrogens is 182 g/mol. The minimum absolute atomic E-state index is 0.783. The van der Waals surface area contributed by atoms with Crippen molar-refractivity contribution in [1.29, 1.82) is 0 Å². The van der Waals surface area contributed by atoms with Crippen LogP contribution in [0.4, 0.5) is 0 Å². The number of aromatic nitrogens is 1. The number of hydrogen-bond donors (Lipinski definition) is 0. The Morgan fingerprint density at radius 2 is 2.38 bits per heavy atom. The number of rotatable bonds is 2. The van der Waals surface area contributed by atoms with E-state index in [9.17, 15) is 0 Å². The first-order chi connectivity index (χ1) is 6.40. The monoisotopic (exact) mass is 190 g/mol. The average molecular weight is 190 g/mol. The lowest BCUT2D eigenvalue weighted by Gasteiger charge is -2.00. The number of ether oxygens (including phenoxy) is 1. The Morgan fingerprint density at radius 3 is 3.08 bits per heavy atom. The van der Waals surface area contributed by atoms with E-state index in [4.69, 9.17) is 4.74 Å². The van der Waals surface area contributed by atoms with Crippen molar-refractivity contribution in [2.75, 3.05) is 7.11 Å². The zero-order valence-corrected chi connectivity index (χ0v) is 7.97. The summed E-state index contributed by atoms with van der Waals surface area (Å²) in [4.78, 5) is 5.24. The third-order valence-electron chi connectivity index (χ3n) is 1.71. The van der Waals surface area contributed by atoms with E-state index in [2.05, 4.69) is 10.4 Å². The van der Waals surface area contributed by atoms with Crippen LogP contribution in [0.5, 0.6) is 5.75 Å². The van der Waals surface area contributed by atoms with Gasteiger partial charge in [0, 0.05) is 22.0 Å². The molecule has 0 aromatic carbocycles. The highest BCUT2D eigenvalue weighted by Gasteiger charge is 2.00. The van der Waals surface area contributed by atoms with Crippen molar-refractivity contribution >= 4 is 11.3 Å². The molecule has 0 unspecified atom stereocenters. The van der Waals surface area contributed by atoms with Gasteiger partial charge in [-0.15, -0.1) is 11.3 Å². The zero-order chi connectivity index (χ0) is 9.10. The second-order valence-electron chi connectivity index (χ2n) is 2.53. The molecule has 0 atom stereocenters. The maximum absolute atomic E-state index is 5.08. The van der Waals surface area contributed by atoms with Gasteiger partial charge in [0.25, 0.3) is 0 Å². The Hall–Kier alpha value is -1.35. The van der Waals surface area contributed by atoms with E-state index in [1.54, 1.807) is 24.6 Å². The normalized spacial score (nSPS) is 9.92. The number of thiophene rings is 1. The molecule has 0 aliphatic rings. The highest BCUT2D eigenvalue weighted by atomic mass is 32.1. The van der Waals surface area contributed by atoms with Crippen LogP contribution in [-0.4, -0.2) is 12.1 Å². The fourth-order valence-corrected chi connectivity index (χ4v) is 1.69. The summed E-state index contributed by atoms with van der Waals surface area (Å²) in [6, 6.07) is 5.88. The van der Waals surface area contributed by atoms with Crippen molar-refractivity contribution in [2.24, 2.45) is 0 Å². The fourth-order valence-electron chi connectivity index (χ4n) is 1.06. The van der Waals surface area contributed by atoms with Gasteiger partial charge in [0.05, 0.1) is 13.3 Å². The summed E-state index contributed by atoms with van der Waals surface area (Å²) >= 11 is 1.57. The van der Waals surface area contributed by atoms with Crippen LogP contribution in [0.2, 0.25) is 0 Å². The van der Waals surface area contributed by atoms with Crippen molar-refractivity contribution in [1.82, 2.24) is 4.98 Å². The summed E-state index contributed by atoms with van der Waals surface area (Å²) in [5.74, 6) is 0.783. The Kier molecular flexibility index (Phi) is 2.27. The van der Waals surface area contributed by atoms with Crippen molar-refractivity contribution < 1.29 is 4.74 Å². The maximum Gasteiger partial charge on any atom is 0.137 e. The first-order valence-electron chi connectivity index (χ1n) is 3.85. The molecule has 13 heavy (non-hydrogen) atoms. The number of hydrogen-bond acceptors (Lipinski definition) is 3. The van der Waals surface area contributed by atoms with Gasteiger partial charge < -0.3 is 4.74 Å². The molecular formula is C10H8NOS. The quantitative estimate of drug-likeness (QED) is 0.726. The lowest BCUT2D eigenvalue weighted by Crippen LogP contribution is -1.84. The second-order valence-corrected chi connectivity index (χ2v) is 3.41. The maximum atomic E-state index is 5.08. The van der Waals surface area contributed by atoms with Crippen molar-refractivity contribution in [3.05, 3.63) is 36.0 Å². The Morgan fingerprint density at radius 1 is 1.46 bits per heavy atom. The van der Waals surface area contributed by atoms with Gasteiger partial charge in [0.15, 0.2) is 0 Å². The zero-order valence-electron chi connectivity index (χ0n) is 7.15. The van der Waals surface area contributed by atoms with Crippen LogP contribution in [0.15, 0.2) is 30.6 Å². The summed E-state index contributed by atoms with van der Waals surface area (Å²) in [6.45, 7) is 0. The summed E-state index contributed by atoms with van der Waals surface area (Å²) in [7, 11) is 1.64. The van der Waals surface area contributed by atoms with Gasteiger partial charge in [-0.2, -0.15) is 0 Å². The van der Waals surface area contributed by atoms with Gasteiger partial charge in [0.1, 0.15) is 5.75 Å². The second kappa shape index (κ2) is 3.58. The molecule has 2 rings (SSSR count). The van der Waals surface area contributed by atoms with Crippen LogP contribution < -0.4 is 4.74 Å². The molecule has 0 saturated heterocycles. The van der Waals surface area contributed by atoms with E-state index in [1.807, 2.05) is 24.4 Å². The molecule has 2 heterocycles. The van der Waals surface area contributed by atoms with E-state index in [1.165, 1.54) is 0 Å². The topological polar surface area (TPSA) is 22.1 Å². The van der Waals surface area contributed by atoms with Crippen LogP contribution in [0.25, 0.3) is 10.4 Å². The van der Waals surface area contributed by atoms with Crippen molar-refractivity contribution in [2.45, 2.75) is 0 Å². The Balaban J connectivity index is 2.41. The number of nitrogens with zero attached hydrogens (tertiary/aromatic N) is 1. The molecule has 0 aliphatic heterocycles. The summed E-state index contributed by atoms with van der Waals surface area (Å²) in [6.07, 6.45) is 3.52. The fraction of sp³-hybridized carbons (Fsp3) is 0.100. The third kappa shape index (κ3) is 1.70. The van der Waals surface area contributed by atoms with E-state index < -0.39 is 0 Å². The van der Waals surface area contributed by atoms with Crippen molar-refractivity contribution in [3.63, 3.8) is 0 Å². The SMILES string of the molecule is COc1cncc(-c2cc[c]s2)c1. The highest BCUT2D eigenvalue weighted by Crippen LogP contribution is 2.25. The summed E-state index contributed by atoms with van der Waals surface area (Å²) in [5, 5.41) is 3.04. The lowest BCUT2D eigenvalue weighted by molar-refractivity contribution is 0.413. The minimum atomic E-state index is 0.783. The first kappa shape index (κ1) is 8.26. The van der Waals surface area contributed by atoms with E-state index in [0.29, 0.717) is 0 Å². The van der Waals surface area contributed by atoms with E-state index in [0.717, 1.165) is 16.2 Å². The molecule has 1 radical (unpaired) electrons. The molecule has 65 valence electrons.